The highest BCUT2D eigenvalue weighted by Gasteiger charge is 2.18. The molecule has 7 heteroatoms. The molecule has 0 atom stereocenters. The van der Waals surface area contributed by atoms with Gasteiger partial charge >= 0.3 is 5.97 Å². The summed E-state index contributed by atoms with van der Waals surface area (Å²) in [5.74, 6) is -1.78. The largest absolute Gasteiger partial charge is 0.480 e. The number of nitrogens with zero attached hydrogens (tertiary/aromatic N) is 2. The summed E-state index contributed by atoms with van der Waals surface area (Å²) in [6, 6.07) is 5.64. The summed E-state index contributed by atoms with van der Waals surface area (Å²) < 4.78 is 12.9. The standard InChI is InChI=1S/C16H17FN2O3S/c1-2-14-18-13(10-23-14)7-15(20)19(9-16(21)22)8-11-3-5-12(17)6-4-11/h3-6,10H,2,7-9H2,1H3,(H,21,22). The minimum absolute atomic E-state index is 0.0605. The molecule has 1 N–H and O–H groups in total. The van der Waals surface area contributed by atoms with Gasteiger partial charge in [-0.25, -0.2) is 9.37 Å². The molecule has 1 aromatic carbocycles. The molecule has 0 aliphatic rings. The van der Waals surface area contributed by atoms with Crippen molar-refractivity contribution in [3.63, 3.8) is 0 Å². The summed E-state index contributed by atoms with van der Waals surface area (Å²) in [6.45, 7) is 1.70. The molecule has 23 heavy (non-hydrogen) atoms. The van der Waals surface area contributed by atoms with Gasteiger partial charge in [-0.15, -0.1) is 11.3 Å². The number of rotatable bonds is 7. The average molecular weight is 336 g/mol. The summed E-state index contributed by atoms with van der Waals surface area (Å²) in [5, 5.41) is 11.7. The van der Waals surface area contributed by atoms with Crippen molar-refractivity contribution < 1.29 is 19.1 Å². The Labute approximate surface area is 137 Å². The van der Waals surface area contributed by atoms with Gasteiger partial charge in [0.25, 0.3) is 0 Å². The molecule has 0 spiro atoms. The van der Waals surface area contributed by atoms with E-state index in [-0.39, 0.29) is 24.7 Å². The molecule has 0 saturated heterocycles. The minimum Gasteiger partial charge on any atom is -0.480 e. The number of amides is 1. The normalized spacial score (nSPS) is 10.5. The lowest BCUT2D eigenvalue weighted by Gasteiger charge is -2.20. The van der Waals surface area contributed by atoms with Gasteiger partial charge in [0.1, 0.15) is 12.4 Å². The van der Waals surface area contributed by atoms with Crippen LogP contribution in [0.3, 0.4) is 0 Å². The van der Waals surface area contributed by atoms with E-state index in [1.165, 1.54) is 40.5 Å². The number of carboxylic acids is 1. The smallest absolute Gasteiger partial charge is 0.323 e. The van der Waals surface area contributed by atoms with Gasteiger partial charge < -0.3 is 10.0 Å². The maximum absolute atomic E-state index is 12.9. The van der Waals surface area contributed by atoms with Crippen molar-refractivity contribution in [3.8, 4) is 0 Å². The Bertz CT molecular complexity index is 685. The highest BCUT2D eigenvalue weighted by Crippen LogP contribution is 2.13. The van der Waals surface area contributed by atoms with E-state index in [9.17, 15) is 14.0 Å². The van der Waals surface area contributed by atoms with Crippen molar-refractivity contribution in [1.82, 2.24) is 9.88 Å². The molecule has 0 bridgehead atoms. The van der Waals surface area contributed by atoms with E-state index < -0.39 is 12.5 Å². The summed E-state index contributed by atoms with van der Waals surface area (Å²) in [5.41, 5.74) is 1.32. The van der Waals surface area contributed by atoms with Gasteiger partial charge in [0.15, 0.2) is 0 Å². The fourth-order valence-corrected chi connectivity index (χ4v) is 2.81. The van der Waals surface area contributed by atoms with Crippen molar-refractivity contribution in [1.29, 1.82) is 0 Å². The molecular formula is C16H17FN2O3S. The molecule has 5 nitrogen and oxygen atoms in total. The first-order chi connectivity index (χ1) is 11.0. The lowest BCUT2D eigenvalue weighted by molar-refractivity contribution is -0.144. The maximum Gasteiger partial charge on any atom is 0.323 e. The van der Waals surface area contributed by atoms with Gasteiger partial charge in [0.2, 0.25) is 5.91 Å². The summed E-state index contributed by atoms with van der Waals surface area (Å²) >= 11 is 1.48. The zero-order valence-corrected chi connectivity index (χ0v) is 13.5. The van der Waals surface area contributed by atoms with E-state index in [2.05, 4.69) is 4.98 Å². The van der Waals surface area contributed by atoms with Gasteiger partial charge in [-0.3, -0.25) is 9.59 Å². The molecule has 2 aromatic rings. The van der Waals surface area contributed by atoms with E-state index in [1.807, 2.05) is 12.3 Å². The average Bonchev–Trinajstić information content (AvgIpc) is 2.96. The number of carbonyl (C=O) groups is 2. The van der Waals surface area contributed by atoms with E-state index in [0.29, 0.717) is 11.3 Å². The van der Waals surface area contributed by atoms with Crippen LogP contribution in [0.15, 0.2) is 29.6 Å². The Morgan fingerprint density at radius 1 is 1.30 bits per heavy atom. The van der Waals surface area contributed by atoms with E-state index in [0.717, 1.165) is 11.4 Å². The van der Waals surface area contributed by atoms with Crippen LogP contribution in [0.5, 0.6) is 0 Å². The van der Waals surface area contributed by atoms with E-state index >= 15 is 0 Å². The number of thiazole rings is 1. The first-order valence-electron chi connectivity index (χ1n) is 7.15. The van der Waals surface area contributed by atoms with Crippen LogP contribution in [0.2, 0.25) is 0 Å². The molecule has 0 fully saturated rings. The third-order valence-electron chi connectivity index (χ3n) is 3.20. The fraction of sp³-hybridized carbons (Fsp3) is 0.312. The molecule has 2 rings (SSSR count). The quantitative estimate of drug-likeness (QED) is 0.843. The van der Waals surface area contributed by atoms with Gasteiger partial charge in [-0.1, -0.05) is 19.1 Å². The predicted molar refractivity (Wildman–Crippen MR) is 84.6 cm³/mol. The number of carboxylic acid groups (broad SMARTS) is 1. The van der Waals surface area contributed by atoms with Crippen LogP contribution in [0.1, 0.15) is 23.2 Å². The SMILES string of the molecule is CCc1nc(CC(=O)N(CC(=O)O)Cc2ccc(F)cc2)cs1. The van der Waals surface area contributed by atoms with Crippen LogP contribution in [0.25, 0.3) is 0 Å². The second kappa shape index (κ2) is 7.82. The number of halogens is 1. The number of aryl methyl sites for hydroxylation is 1. The fourth-order valence-electron chi connectivity index (χ4n) is 2.06. The summed E-state index contributed by atoms with van der Waals surface area (Å²) in [7, 11) is 0. The van der Waals surface area contributed by atoms with Crippen LogP contribution >= 0.6 is 11.3 Å². The van der Waals surface area contributed by atoms with Crippen molar-refractivity contribution in [2.75, 3.05) is 6.54 Å². The lowest BCUT2D eigenvalue weighted by Crippen LogP contribution is -2.36. The topological polar surface area (TPSA) is 70.5 Å². The molecule has 0 aliphatic heterocycles. The Morgan fingerprint density at radius 3 is 2.57 bits per heavy atom. The molecule has 0 saturated carbocycles. The monoisotopic (exact) mass is 336 g/mol. The lowest BCUT2D eigenvalue weighted by atomic mass is 10.2. The molecule has 122 valence electrons. The Hall–Kier alpha value is -2.28. The van der Waals surface area contributed by atoms with Crippen molar-refractivity contribution in [3.05, 3.63) is 51.7 Å². The predicted octanol–water partition coefficient (Wildman–Crippen LogP) is 2.50. The number of aromatic nitrogens is 1. The maximum atomic E-state index is 12.9. The zero-order chi connectivity index (χ0) is 16.8. The third kappa shape index (κ3) is 5.14. The van der Waals surface area contributed by atoms with Crippen LogP contribution in [-0.4, -0.2) is 33.4 Å². The second-order valence-electron chi connectivity index (χ2n) is 5.03. The van der Waals surface area contributed by atoms with Crippen LogP contribution < -0.4 is 0 Å². The Kier molecular flexibility index (Phi) is 5.81. The summed E-state index contributed by atoms with van der Waals surface area (Å²) in [4.78, 5) is 28.9. The number of aliphatic carboxylic acids is 1. The van der Waals surface area contributed by atoms with Gasteiger partial charge in [0, 0.05) is 11.9 Å². The van der Waals surface area contributed by atoms with Crippen LogP contribution in [0.4, 0.5) is 4.39 Å². The first kappa shape index (κ1) is 17.1. The van der Waals surface area contributed by atoms with E-state index in [1.54, 1.807) is 0 Å². The first-order valence-corrected chi connectivity index (χ1v) is 8.03. The highest BCUT2D eigenvalue weighted by molar-refractivity contribution is 7.09. The van der Waals surface area contributed by atoms with Gasteiger partial charge in [-0.05, 0) is 24.1 Å². The molecule has 1 aromatic heterocycles. The second-order valence-corrected chi connectivity index (χ2v) is 5.98. The zero-order valence-electron chi connectivity index (χ0n) is 12.7. The highest BCUT2D eigenvalue weighted by atomic mass is 32.1. The van der Waals surface area contributed by atoms with Crippen molar-refractivity contribution in [2.24, 2.45) is 0 Å². The number of hydrogen-bond acceptors (Lipinski definition) is 4. The minimum atomic E-state index is -1.09. The Morgan fingerprint density at radius 2 is 2.00 bits per heavy atom. The third-order valence-corrected chi connectivity index (χ3v) is 4.24. The van der Waals surface area contributed by atoms with Crippen LogP contribution in [-0.2, 0) is 29.0 Å². The molecule has 0 unspecified atom stereocenters. The van der Waals surface area contributed by atoms with Gasteiger partial charge in [-0.2, -0.15) is 0 Å². The van der Waals surface area contributed by atoms with E-state index in [4.69, 9.17) is 5.11 Å². The Balaban J connectivity index is 2.08. The molecule has 0 radical (unpaired) electrons. The molecular weight excluding hydrogens is 319 g/mol. The van der Waals surface area contributed by atoms with Crippen molar-refractivity contribution in [2.45, 2.75) is 26.3 Å². The number of benzene rings is 1. The molecule has 0 aliphatic carbocycles. The van der Waals surface area contributed by atoms with Crippen LogP contribution in [0, 0.1) is 5.82 Å². The van der Waals surface area contributed by atoms with Crippen molar-refractivity contribution >= 4 is 23.2 Å². The molecule has 1 amide bonds. The number of carbonyl (C=O) groups excluding carboxylic acids is 1. The number of hydrogen-bond donors (Lipinski definition) is 1. The van der Waals surface area contributed by atoms with Gasteiger partial charge in [0.05, 0.1) is 17.1 Å². The summed E-state index contributed by atoms with van der Waals surface area (Å²) in [6.07, 6.45) is 0.859. The molecule has 1 heterocycles.